The van der Waals surface area contributed by atoms with Crippen LogP contribution in [-0.4, -0.2) is 29.4 Å². The normalized spacial score (nSPS) is 21.7. The predicted octanol–water partition coefficient (Wildman–Crippen LogP) is 2.63. The van der Waals surface area contributed by atoms with Crippen molar-refractivity contribution in [3.63, 3.8) is 0 Å². The number of halogens is 1. The lowest BCUT2D eigenvalue weighted by atomic mass is 9.96. The van der Waals surface area contributed by atoms with Crippen LogP contribution in [0, 0.1) is 3.57 Å². The Bertz CT molecular complexity index is 416. The van der Waals surface area contributed by atoms with Crippen molar-refractivity contribution in [3.8, 4) is 0 Å². The minimum atomic E-state index is 0.0399. The summed E-state index contributed by atoms with van der Waals surface area (Å²) in [6, 6.07) is 7.97. The van der Waals surface area contributed by atoms with Crippen molar-refractivity contribution in [2.45, 2.75) is 38.3 Å². The first-order chi connectivity index (χ1) is 8.59. The molecule has 98 valence electrons. The molecule has 4 heteroatoms. The van der Waals surface area contributed by atoms with Gasteiger partial charge in [0.15, 0.2) is 0 Å². The van der Waals surface area contributed by atoms with Gasteiger partial charge in [0.2, 0.25) is 0 Å². The zero-order chi connectivity index (χ0) is 13.1. The summed E-state index contributed by atoms with van der Waals surface area (Å²) in [5.74, 6) is 0.119. The van der Waals surface area contributed by atoms with E-state index in [0.29, 0.717) is 0 Å². The van der Waals surface area contributed by atoms with Crippen molar-refractivity contribution in [3.05, 3.63) is 33.4 Å². The number of carbonyl (C=O) groups excluding carboxylic acids is 1. The van der Waals surface area contributed by atoms with Gasteiger partial charge in [-0.15, -0.1) is 0 Å². The lowest BCUT2D eigenvalue weighted by Gasteiger charge is -2.38. The second-order valence-corrected chi connectivity index (χ2v) is 6.17. The quantitative estimate of drug-likeness (QED) is 0.827. The molecule has 1 aliphatic heterocycles. The van der Waals surface area contributed by atoms with Crippen LogP contribution in [0.25, 0.3) is 0 Å². The molecule has 0 aliphatic carbocycles. The maximum atomic E-state index is 12.5. The molecule has 2 rings (SSSR count). The SMILES string of the molecule is CC(N)C1CCCCN1C(=O)c1ccc(I)cc1. The van der Waals surface area contributed by atoms with Crippen molar-refractivity contribution < 1.29 is 4.79 Å². The largest absolute Gasteiger partial charge is 0.334 e. The summed E-state index contributed by atoms with van der Waals surface area (Å²) >= 11 is 2.24. The van der Waals surface area contributed by atoms with Crippen LogP contribution in [0.4, 0.5) is 0 Å². The van der Waals surface area contributed by atoms with Crippen LogP contribution in [0.3, 0.4) is 0 Å². The second-order valence-electron chi connectivity index (χ2n) is 4.93. The van der Waals surface area contributed by atoms with Crippen molar-refractivity contribution in [2.24, 2.45) is 5.73 Å². The van der Waals surface area contributed by atoms with E-state index in [4.69, 9.17) is 5.73 Å². The van der Waals surface area contributed by atoms with E-state index in [2.05, 4.69) is 22.6 Å². The summed E-state index contributed by atoms with van der Waals surface area (Å²) in [4.78, 5) is 14.4. The Morgan fingerprint density at radius 1 is 1.39 bits per heavy atom. The van der Waals surface area contributed by atoms with E-state index in [0.717, 1.165) is 28.5 Å². The Hall–Kier alpha value is -0.620. The highest BCUT2D eigenvalue weighted by Gasteiger charge is 2.29. The standard InChI is InChI=1S/C14H19IN2O/c1-10(16)13-4-2-3-9-17(13)14(18)11-5-7-12(15)8-6-11/h5-8,10,13H,2-4,9,16H2,1H3. The van der Waals surface area contributed by atoms with E-state index in [-0.39, 0.29) is 18.0 Å². The zero-order valence-electron chi connectivity index (χ0n) is 10.6. The zero-order valence-corrected chi connectivity index (χ0v) is 12.8. The molecule has 3 nitrogen and oxygen atoms in total. The van der Waals surface area contributed by atoms with Crippen LogP contribution < -0.4 is 5.73 Å². The number of amides is 1. The van der Waals surface area contributed by atoms with Crippen LogP contribution in [0.15, 0.2) is 24.3 Å². The first-order valence-corrected chi connectivity index (χ1v) is 7.49. The number of piperidine rings is 1. The second kappa shape index (κ2) is 6.02. The van der Waals surface area contributed by atoms with Crippen LogP contribution in [0.1, 0.15) is 36.5 Å². The van der Waals surface area contributed by atoms with Crippen LogP contribution in [0.2, 0.25) is 0 Å². The molecular formula is C14H19IN2O. The minimum absolute atomic E-state index is 0.0399. The number of benzene rings is 1. The Balaban J connectivity index is 2.18. The third-order valence-electron chi connectivity index (χ3n) is 3.51. The molecule has 0 aromatic heterocycles. The van der Waals surface area contributed by atoms with Crippen molar-refractivity contribution in [1.82, 2.24) is 4.90 Å². The Morgan fingerprint density at radius 3 is 2.67 bits per heavy atom. The van der Waals surface area contributed by atoms with Gasteiger partial charge < -0.3 is 10.6 Å². The number of nitrogens with two attached hydrogens (primary N) is 1. The maximum absolute atomic E-state index is 12.5. The molecule has 18 heavy (non-hydrogen) atoms. The van der Waals surface area contributed by atoms with Gasteiger partial charge in [-0.3, -0.25) is 4.79 Å². The molecular weight excluding hydrogens is 339 g/mol. The number of likely N-dealkylation sites (tertiary alicyclic amines) is 1. The van der Waals surface area contributed by atoms with Gasteiger partial charge in [-0.25, -0.2) is 0 Å². The first-order valence-electron chi connectivity index (χ1n) is 6.41. The van der Waals surface area contributed by atoms with Crippen LogP contribution in [-0.2, 0) is 0 Å². The van der Waals surface area contributed by atoms with E-state index in [9.17, 15) is 4.79 Å². The Morgan fingerprint density at radius 2 is 2.06 bits per heavy atom. The van der Waals surface area contributed by atoms with E-state index < -0.39 is 0 Å². The van der Waals surface area contributed by atoms with E-state index in [1.54, 1.807) is 0 Å². The number of rotatable bonds is 2. The highest BCUT2D eigenvalue weighted by Crippen LogP contribution is 2.21. The monoisotopic (exact) mass is 358 g/mol. The van der Waals surface area contributed by atoms with E-state index in [1.807, 2.05) is 36.1 Å². The summed E-state index contributed by atoms with van der Waals surface area (Å²) in [6.45, 7) is 2.82. The van der Waals surface area contributed by atoms with Gasteiger partial charge in [-0.1, -0.05) is 0 Å². The number of carbonyl (C=O) groups is 1. The van der Waals surface area contributed by atoms with Gasteiger partial charge in [-0.05, 0) is 73.0 Å². The molecule has 2 unspecified atom stereocenters. The molecule has 0 radical (unpaired) electrons. The Labute approximate surface area is 122 Å². The molecule has 1 saturated heterocycles. The third kappa shape index (κ3) is 3.03. The molecule has 1 heterocycles. The topological polar surface area (TPSA) is 46.3 Å². The molecule has 2 atom stereocenters. The van der Waals surface area contributed by atoms with Crippen LogP contribution >= 0.6 is 22.6 Å². The minimum Gasteiger partial charge on any atom is -0.334 e. The number of nitrogens with zero attached hydrogens (tertiary/aromatic N) is 1. The van der Waals surface area contributed by atoms with Crippen molar-refractivity contribution in [2.75, 3.05) is 6.54 Å². The molecule has 1 amide bonds. The third-order valence-corrected chi connectivity index (χ3v) is 4.23. The van der Waals surface area contributed by atoms with Crippen LogP contribution in [0.5, 0.6) is 0 Å². The first kappa shape index (κ1) is 13.8. The molecule has 0 spiro atoms. The summed E-state index contributed by atoms with van der Waals surface area (Å²) in [5, 5.41) is 0. The molecule has 1 fully saturated rings. The Kier molecular flexibility index (Phi) is 4.61. The van der Waals surface area contributed by atoms with E-state index >= 15 is 0 Å². The summed E-state index contributed by atoms with van der Waals surface area (Å²) in [6.07, 6.45) is 3.27. The van der Waals surface area contributed by atoms with Crippen molar-refractivity contribution >= 4 is 28.5 Å². The average molecular weight is 358 g/mol. The molecule has 0 bridgehead atoms. The van der Waals surface area contributed by atoms with Gasteiger partial charge in [0.1, 0.15) is 0 Å². The summed E-state index contributed by atoms with van der Waals surface area (Å²) in [7, 11) is 0. The van der Waals surface area contributed by atoms with Gasteiger partial charge in [0, 0.05) is 27.8 Å². The van der Waals surface area contributed by atoms with Gasteiger partial charge >= 0.3 is 0 Å². The molecule has 2 N–H and O–H groups in total. The molecule has 1 aromatic carbocycles. The fourth-order valence-corrected chi connectivity index (χ4v) is 2.87. The number of hydrogen-bond donors (Lipinski definition) is 1. The van der Waals surface area contributed by atoms with Gasteiger partial charge in [0.25, 0.3) is 5.91 Å². The van der Waals surface area contributed by atoms with Gasteiger partial charge in [0.05, 0.1) is 0 Å². The fraction of sp³-hybridized carbons (Fsp3) is 0.500. The smallest absolute Gasteiger partial charge is 0.254 e. The van der Waals surface area contributed by atoms with Crippen molar-refractivity contribution in [1.29, 1.82) is 0 Å². The summed E-state index contributed by atoms with van der Waals surface area (Å²) in [5.41, 5.74) is 6.77. The average Bonchev–Trinajstić information content (AvgIpc) is 2.39. The fourth-order valence-electron chi connectivity index (χ4n) is 2.51. The molecule has 0 saturated carbocycles. The van der Waals surface area contributed by atoms with E-state index in [1.165, 1.54) is 6.42 Å². The highest BCUT2D eigenvalue weighted by atomic mass is 127. The number of hydrogen-bond acceptors (Lipinski definition) is 2. The highest BCUT2D eigenvalue weighted by molar-refractivity contribution is 14.1. The molecule has 1 aromatic rings. The lowest BCUT2D eigenvalue weighted by Crippen LogP contribution is -2.51. The predicted molar refractivity (Wildman–Crippen MR) is 81.5 cm³/mol. The van der Waals surface area contributed by atoms with Gasteiger partial charge in [-0.2, -0.15) is 0 Å². The maximum Gasteiger partial charge on any atom is 0.254 e. The lowest BCUT2D eigenvalue weighted by molar-refractivity contribution is 0.0584. The summed E-state index contributed by atoms with van der Waals surface area (Å²) < 4.78 is 1.14. The molecule has 1 aliphatic rings.